The van der Waals surface area contributed by atoms with Gasteiger partial charge < -0.3 is 15.2 Å². The van der Waals surface area contributed by atoms with Crippen molar-refractivity contribution in [3.63, 3.8) is 0 Å². The number of hydrogen-bond donors (Lipinski definition) is 1. The van der Waals surface area contributed by atoms with Gasteiger partial charge >= 0.3 is 0 Å². The molecule has 4 rings (SSSR count). The highest BCUT2D eigenvalue weighted by Crippen LogP contribution is 2.26. The van der Waals surface area contributed by atoms with Gasteiger partial charge in [0.25, 0.3) is 0 Å². The third kappa shape index (κ3) is 4.23. The fraction of sp³-hybridized carbons (Fsp3) is 0.381. The molecule has 5 nitrogen and oxygen atoms in total. The van der Waals surface area contributed by atoms with Crippen LogP contribution in [0.5, 0.6) is 5.75 Å². The van der Waals surface area contributed by atoms with E-state index in [1.807, 2.05) is 24.3 Å². The minimum atomic E-state index is 0.260. The predicted octanol–water partition coefficient (Wildman–Crippen LogP) is 2.77. The maximum atomic E-state index is 5.97. The van der Waals surface area contributed by atoms with Crippen LogP contribution in [0.15, 0.2) is 48.2 Å². The Morgan fingerprint density at radius 1 is 1.23 bits per heavy atom. The molecule has 2 aliphatic heterocycles. The largest absolute Gasteiger partial charge is 0.489 e. The summed E-state index contributed by atoms with van der Waals surface area (Å²) in [4.78, 5) is 6.52. The molecule has 0 aliphatic carbocycles. The highest BCUT2D eigenvalue weighted by molar-refractivity contribution is 5.62. The van der Waals surface area contributed by atoms with Crippen molar-refractivity contribution in [2.75, 3.05) is 38.6 Å². The van der Waals surface area contributed by atoms with Gasteiger partial charge in [-0.2, -0.15) is 0 Å². The van der Waals surface area contributed by atoms with Gasteiger partial charge in [0, 0.05) is 31.4 Å². The van der Waals surface area contributed by atoms with Gasteiger partial charge in [-0.1, -0.05) is 18.2 Å². The lowest BCUT2D eigenvalue weighted by Crippen LogP contribution is -2.43. The number of aromatic nitrogens is 1. The molecule has 1 saturated heterocycles. The quantitative estimate of drug-likeness (QED) is 0.898. The molecule has 2 aromatic rings. The van der Waals surface area contributed by atoms with E-state index in [2.05, 4.69) is 28.1 Å². The summed E-state index contributed by atoms with van der Waals surface area (Å²) >= 11 is 0. The first-order chi connectivity index (χ1) is 12.8. The number of nitrogen functional groups attached to an aromatic ring is 1. The maximum absolute atomic E-state index is 5.97. The van der Waals surface area contributed by atoms with E-state index in [9.17, 15) is 0 Å². The monoisotopic (exact) mass is 351 g/mol. The van der Waals surface area contributed by atoms with Crippen LogP contribution in [-0.2, 0) is 11.2 Å². The number of anilines is 1. The number of hydrogen-bond acceptors (Lipinski definition) is 5. The molecule has 1 atom stereocenters. The van der Waals surface area contributed by atoms with Crippen LogP contribution in [0.4, 0.5) is 5.82 Å². The van der Waals surface area contributed by atoms with Crippen molar-refractivity contribution < 1.29 is 9.47 Å². The number of rotatable bonds is 5. The Balaban J connectivity index is 1.32. The van der Waals surface area contributed by atoms with Crippen LogP contribution in [0.2, 0.25) is 0 Å². The highest BCUT2D eigenvalue weighted by Gasteiger charge is 2.22. The van der Waals surface area contributed by atoms with E-state index in [-0.39, 0.29) is 6.10 Å². The summed E-state index contributed by atoms with van der Waals surface area (Å²) in [6, 6.07) is 12.2. The first-order valence-corrected chi connectivity index (χ1v) is 9.22. The van der Waals surface area contributed by atoms with Gasteiger partial charge in [-0.15, -0.1) is 0 Å². The van der Waals surface area contributed by atoms with Crippen molar-refractivity contribution in [2.24, 2.45) is 0 Å². The Kier molecular flexibility index (Phi) is 5.18. The number of morpholine rings is 1. The van der Waals surface area contributed by atoms with E-state index in [0.717, 1.165) is 44.8 Å². The molecule has 0 amide bonds. The lowest BCUT2D eigenvalue weighted by molar-refractivity contribution is -0.0291. The van der Waals surface area contributed by atoms with Gasteiger partial charge in [-0.3, -0.25) is 4.90 Å². The summed E-state index contributed by atoms with van der Waals surface area (Å²) in [5.74, 6) is 1.56. The lowest BCUT2D eigenvalue weighted by atomic mass is 10.0. The third-order valence-corrected chi connectivity index (χ3v) is 4.94. The van der Waals surface area contributed by atoms with Gasteiger partial charge in [0.2, 0.25) is 0 Å². The van der Waals surface area contributed by atoms with Crippen LogP contribution in [0.3, 0.4) is 0 Å². The zero-order chi connectivity index (χ0) is 17.8. The van der Waals surface area contributed by atoms with Crippen LogP contribution >= 0.6 is 0 Å². The summed E-state index contributed by atoms with van der Waals surface area (Å²) in [5, 5.41) is 0. The summed E-state index contributed by atoms with van der Waals surface area (Å²) in [6.45, 7) is 4.33. The molecule has 1 aromatic carbocycles. The first-order valence-electron chi connectivity index (χ1n) is 9.22. The Bertz CT molecular complexity index is 790. The van der Waals surface area contributed by atoms with E-state index >= 15 is 0 Å². The fourth-order valence-electron chi connectivity index (χ4n) is 3.62. The van der Waals surface area contributed by atoms with E-state index in [4.69, 9.17) is 15.2 Å². The second-order valence-corrected chi connectivity index (χ2v) is 6.98. The molecule has 0 radical (unpaired) electrons. The molecule has 1 aromatic heterocycles. The van der Waals surface area contributed by atoms with Crippen LogP contribution in [0.1, 0.15) is 17.5 Å². The van der Waals surface area contributed by atoms with Crippen LogP contribution in [0.25, 0.3) is 6.08 Å². The molecule has 2 N–H and O–H groups in total. The molecular weight excluding hydrogens is 326 g/mol. The van der Waals surface area contributed by atoms with Crippen molar-refractivity contribution >= 4 is 11.9 Å². The number of fused-ring (bicyclic) bond motifs is 1. The summed E-state index contributed by atoms with van der Waals surface area (Å²) in [6.07, 6.45) is 6.26. The molecule has 0 spiro atoms. The Hall–Kier alpha value is -2.37. The molecule has 1 fully saturated rings. The van der Waals surface area contributed by atoms with Crippen molar-refractivity contribution in [2.45, 2.75) is 18.9 Å². The van der Waals surface area contributed by atoms with Crippen LogP contribution < -0.4 is 10.5 Å². The zero-order valence-electron chi connectivity index (χ0n) is 14.9. The highest BCUT2D eigenvalue weighted by atomic mass is 16.5. The van der Waals surface area contributed by atoms with E-state index in [1.165, 1.54) is 16.7 Å². The SMILES string of the molecule is Nc1cc(CC[C@H]2CN(CC3=Cc4ccccc4OC3)CCO2)ccn1. The third-order valence-electron chi connectivity index (χ3n) is 4.94. The molecule has 0 saturated carbocycles. The molecule has 26 heavy (non-hydrogen) atoms. The van der Waals surface area contributed by atoms with Gasteiger partial charge in [-0.05, 0) is 48.3 Å². The number of nitrogens with two attached hydrogens (primary N) is 1. The smallest absolute Gasteiger partial charge is 0.127 e. The lowest BCUT2D eigenvalue weighted by Gasteiger charge is -2.34. The fourth-order valence-corrected chi connectivity index (χ4v) is 3.62. The molecule has 3 heterocycles. The Morgan fingerprint density at radius 2 is 2.15 bits per heavy atom. The number of benzene rings is 1. The van der Waals surface area contributed by atoms with Crippen molar-refractivity contribution in [1.82, 2.24) is 9.88 Å². The topological polar surface area (TPSA) is 60.6 Å². The van der Waals surface area contributed by atoms with Crippen LogP contribution in [-0.4, -0.2) is 48.8 Å². The molecule has 5 heteroatoms. The van der Waals surface area contributed by atoms with Crippen molar-refractivity contribution in [1.29, 1.82) is 0 Å². The van der Waals surface area contributed by atoms with E-state index in [1.54, 1.807) is 6.20 Å². The predicted molar refractivity (Wildman–Crippen MR) is 103 cm³/mol. The van der Waals surface area contributed by atoms with Gasteiger partial charge in [0.15, 0.2) is 0 Å². The maximum Gasteiger partial charge on any atom is 0.127 e. The summed E-state index contributed by atoms with van der Waals surface area (Å²) in [7, 11) is 0. The Morgan fingerprint density at radius 3 is 3.08 bits per heavy atom. The second-order valence-electron chi connectivity index (χ2n) is 6.98. The summed E-state index contributed by atoms with van der Waals surface area (Å²) in [5.41, 5.74) is 9.48. The molecule has 0 unspecified atom stereocenters. The molecular formula is C21H25N3O2. The normalized spacial score (nSPS) is 20.2. The van der Waals surface area contributed by atoms with Gasteiger partial charge in [0.05, 0.1) is 12.7 Å². The average molecular weight is 351 g/mol. The zero-order valence-corrected chi connectivity index (χ0v) is 14.9. The van der Waals surface area contributed by atoms with Crippen LogP contribution in [0, 0.1) is 0 Å². The number of pyridine rings is 1. The van der Waals surface area contributed by atoms with Gasteiger partial charge in [-0.25, -0.2) is 4.98 Å². The molecule has 2 aliphatic rings. The van der Waals surface area contributed by atoms with Crippen molar-refractivity contribution in [3.8, 4) is 5.75 Å². The molecule has 136 valence electrons. The average Bonchev–Trinajstić information content (AvgIpc) is 2.67. The standard InChI is InChI=1S/C21H25N3O2/c22-21-12-16(7-8-23-21)5-6-19-14-24(9-10-25-19)13-17-11-18-3-1-2-4-20(18)26-15-17/h1-4,7-8,11-12,19H,5-6,9-10,13-15H2,(H2,22,23)/t19-/m0/s1. The Labute approximate surface area is 154 Å². The number of aryl methyl sites for hydroxylation is 1. The number of nitrogens with zero attached hydrogens (tertiary/aromatic N) is 2. The van der Waals surface area contributed by atoms with Gasteiger partial charge in [0.1, 0.15) is 18.2 Å². The molecule has 0 bridgehead atoms. The van der Waals surface area contributed by atoms with Crippen molar-refractivity contribution in [3.05, 3.63) is 59.3 Å². The van der Waals surface area contributed by atoms with E-state index < -0.39 is 0 Å². The summed E-state index contributed by atoms with van der Waals surface area (Å²) < 4.78 is 11.8. The minimum Gasteiger partial charge on any atom is -0.489 e. The van der Waals surface area contributed by atoms with E-state index in [0.29, 0.717) is 12.4 Å². The minimum absolute atomic E-state index is 0.260. The first kappa shape index (κ1) is 17.1. The number of ether oxygens (including phenoxy) is 2. The second kappa shape index (κ2) is 7.89. The number of para-hydroxylation sites is 1.